The highest BCUT2D eigenvalue weighted by molar-refractivity contribution is 9.10. The first-order valence-corrected chi connectivity index (χ1v) is 8.94. The van der Waals surface area contributed by atoms with Crippen LogP contribution in [0, 0.1) is 0 Å². The van der Waals surface area contributed by atoms with Crippen molar-refractivity contribution in [3.8, 4) is 0 Å². The number of rotatable bonds is 6. The first kappa shape index (κ1) is 16.4. The fraction of sp³-hybridized carbons (Fsp3) is 0.389. The summed E-state index contributed by atoms with van der Waals surface area (Å²) in [5.41, 5.74) is 2.42. The van der Waals surface area contributed by atoms with Gasteiger partial charge in [0.2, 0.25) is 0 Å². The zero-order chi connectivity index (χ0) is 15.9. The number of nitrogens with one attached hydrogen (secondary N) is 1. The van der Waals surface area contributed by atoms with Crippen LogP contribution in [0.1, 0.15) is 5.69 Å². The number of aromatic nitrogens is 1. The highest BCUT2D eigenvalue weighted by Gasteiger charge is 2.16. The molecule has 1 aromatic heterocycles. The summed E-state index contributed by atoms with van der Waals surface area (Å²) in [6.07, 6.45) is 1.85. The lowest BCUT2D eigenvalue weighted by Crippen LogP contribution is -2.48. The molecule has 0 radical (unpaired) electrons. The van der Waals surface area contributed by atoms with Gasteiger partial charge < -0.3 is 10.2 Å². The van der Waals surface area contributed by atoms with E-state index in [0.717, 1.165) is 56.0 Å². The number of halogens is 1. The maximum Gasteiger partial charge on any atom is 0.0541 e. The predicted molar refractivity (Wildman–Crippen MR) is 98.7 cm³/mol. The van der Waals surface area contributed by atoms with Gasteiger partial charge in [0.25, 0.3) is 0 Å². The molecule has 1 fully saturated rings. The molecule has 2 heterocycles. The lowest BCUT2D eigenvalue weighted by molar-refractivity contribution is 0.257. The van der Waals surface area contributed by atoms with E-state index in [4.69, 9.17) is 0 Å². The fourth-order valence-electron chi connectivity index (χ4n) is 2.86. The Morgan fingerprint density at radius 3 is 2.65 bits per heavy atom. The number of piperazine rings is 1. The Balaban J connectivity index is 1.36. The minimum atomic E-state index is 0.846. The third-order valence-electron chi connectivity index (χ3n) is 4.18. The van der Waals surface area contributed by atoms with Crippen molar-refractivity contribution in [2.75, 3.05) is 44.2 Å². The maximum absolute atomic E-state index is 4.33. The molecule has 0 atom stereocenters. The van der Waals surface area contributed by atoms with Gasteiger partial charge in [0, 0.05) is 62.2 Å². The first-order valence-electron chi connectivity index (χ1n) is 8.15. The summed E-state index contributed by atoms with van der Waals surface area (Å²) in [5, 5.41) is 3.48. The molecule has 23 heavy (non-hydrogen) atoms. The minimum Gasteiger partial charge on any atom is -0.369 e. The Bertz CT molecular complexity index is 597. The summed E-state index contributed by atoms with van der Waals surface area (Å²) in [7, 11) is 0. The van der Waals surface area contributed by atoms with E-state index in [-0.39, 0.29) is 0 Å². The molecule has 0 spiro atoms. The van der Waals surface area contributed by atoms with E-state index in [9.17, 15) is 0 Å². The van der Waals surface area contributed by atoms with Crippen LogP contribution in [0.2, 0.25) is 0 Å². The van der Waals surface area contributed by atoms with E-state index in [1.807, 2.05) is 18.3 Å². The van der Waals surface area contributed by atoms with Crippen LogP contribution in [-0.4, -0.2) is 49.2 Å². The Labute approximate surface area is 146 Å². The van der Waals surface area contributed by atoms with E-state index in [1.54, 1.807) is 0 Å². The van der Waals surface area contributed by atoms with Gasteiger partial charge in [-0.05, 0) is 30.3 Å². The van der Waals surface area contributed by atoms with Gasteiger partial charge in [0.15, 0.2) is 0 Å². The van der Waals surface area contributed by atoms with Gasteiger partial charge in [-0.2, -0.15) is 0 Å². The lowest BCUT2D eigenvalue weighted by atomic mass is 10.2. The van der Waals surface area contributed by atoms with Gasteiger partial charge in [0.05, 0.1) is 5.69 Å². The quantitative estimate of drug-likeness (QED) is 0.787. The summed E-state index contributed by atoms with van der Waals surface area (Å²) >= 11 is 3.55. The van der Waals surface area contributed by atoms with E-state index in [0.29, 0.717) is 0 Å². The molecule has 1 N–H and O–H groups in total. The Morgan fingerprint density at radius 2 is 1.91 bits per heavy atom. The highest BCUT2D eigenvalue weighted by atomic mass is 79.9. The van der Waals surface area contributed by atoms with E-state index < -0.39 is 0 Å². The number of benzene rings is 1. The molecule has 0 saturated carbocycles. The second kappa shape index (κ2) is 8.43. The van der Waals surface area contributed by atoms with Crippen LogP contribution < -0.4 is 10.2 Å². The molecule has 0 unspecified atom stereocenters. The normalized spacial score (nSPS) is 15.8. The second-order valence-electron chi connectivity index (χ2n) is 5.81. The standard InChI is InChI=1S/C18H23BrN4/c19-16-4-3-6-18(14-16)23-12-10-22(11-13-23)9-8-20-15-17-5-1-2-7-21-17/h1-7,14,20H,8-13,15H2. The van der Waals surface area contributed by atoms with E-state index in [2.05, 4.69) is 66.4 Å². The molecule has 0 aliphatic carbocycles. The van der Waals surface area contributed by atoms with Crippen LogP contribution in [-0.2, 0) is 6.54 Å². The van der Waals surface area contributed by atoms with Crippen LogP contribution >= 0.6 is 15.9 Å². The van der Waals surface area contributed by atoms with Crippen molar-refractivity contribution in [2.24, 2.45) is 0 Å². The van der Waals surface area contributed by atoms with Gasteiger partial charge >= 0.3 is 0 Å². The van der Waals surface area contributed by atoms with Gasteiger partial charge in [-0.1, -0.05) is 28.1 Å². The van der Waals surface area contributed by atoms with Crippen molar-refractivity contribution >= 4 is 21.6 Å². The average Bonchev–Trinajstić information content (AvgIpc) is 2.60. The number of hydrogen-bond acceptors (Lipinski definition) is 4. The number of pyridine rings is 1. The first-order chi connectivity index (χ1) is 11.3. The van der Waals surface area contributed by atoms with Crippen molar-refractivity contribution in [1.82, 2.24) is 15.2 Å². The van der Waals surface area contributed by atoms with Crippen LogP contribution in [0.3, 0.4) is 0 Å². The zero-order valence-corrected chi connectivity index (χ0v) is 14.9. The SMILES string of the molecule is Brc1cccc(N2CCN(CCNCc3ccccn3)CC2)c1. The smallest absolute Gasteiger partial charge is 0.0541 e. The summed E-state index contributed by atoms with van der Waals surface area (Å²) in [6.45, 7) is 7.38. The lowest BCUT2D eigenvalue weighted by Gasteiger charge is -2.36. The van der Waals surface area contributed by atoms with Crippen LogP contribution in [0.15, 0.2) is 53.1 Å². The zero-order valence-electron chi connectivity index (χ0n) is 13.3. The van der Waals surface area contributed by atoms with E-state index >= 15 is 0 Å². The van der Waals surface area contributed by atoms with Gasteiger partial charge in [0.1, 0.15) is 0 Å². The summed E-state index contributed by atoms with van der Waals surface area (Å²) in [4.78, 5) is 9.32. The topological polar surface area (TPSA) is 31.4 Å². The monoisotopic (exact) mass is 374 g/mol. The average molecular weight is 375 g/mol. The second-order valence-corrected chi connectivity index (χ2v) is 6.72. The van der Waals surface area contributed by atoms with Gasteiger partial charge in [-0.25, -0.2) is 0 Å². The van der Waals surface area contributed by atoms with Crippen molar-refractivity contribution in [1.29, 1.82) is 0 Å². The van der Waals surface area contributed by atoms with Crippen molar-refractivity contribution < 1.29 is 0 Å². The number of anilines is 1. The molecule has 1 aliphatic heterocycles. The molecule has 122 valence electrons. The molecular formula is C18H23BrN4. The summed E-state index contributed by atoms with van der Waals surface area (Å²) in [5.74, 6) is 0. The predicted octanol–water partition coefficient (Wildman–Crippen LogP) is 2.76. The highest BCUT2D eigenvalue weighted by Crippen LogP contribution is 2.20. The molecule has 1 aromatic carbocycles. The van der Waals surface area contributed by atoms with Gasteiger partial charge in [-0.3, -0.25) is 9.88 Å². The minimum absolute atomic E-state index is 0.846. The molecule has 0 amide bonds. The Kier molecular flexibility index (Phi) is 6.02. The maximum atomic E-state index is 4.33. The molecule has 4 nitrogen and oxygen atoms in total. The van der Waals surface area contributed by atoms with Crippen molar-refractivity contribution in [3.05, 3.63) is 58.8 Å². The van der Waals surface area contributed by atoms with Crippen LogP contribution in [0.25, 0.3) is 0 Å². The van der Waals surface area contributed by atoms with Crippen molar-refractivity contribution in [2.45, 2.75) is 6.54 Å². The van der Waals surface area contributed by atoms with Crippen LogP contribution in [0.5, 0.6) is 0 Å². The molecular weight excluding hydrogens is 352 g/mol. The van der Waals surface area contributed by atoms with Crippen molar-refractivity contribution in [3.63, 3.8) is 0 Å². The molecule has 3 rings (SSSR count). The Hall–Kier alpha value is -1.43. The fourth-order valence-corrected chi connectivity index (χ4v) is 3.25. The van der Waals surface area contributed by atoms with Gasteiger partial charge in [-0.15, -0.1) is 0 Å². The Morgan fingerprint density at radius 1 is 1.04 bits per heavy atom. The van der Waals surface area contributed by atoms with E-state index in [1.165, 1.54) is 5.69 Å². The largest absolute Gasteiger partial charge is 0.369 e. The molecule has 1 saturated heterocycles. The summed E-state index contributed by atoms with van der Waals surface area (Å²) < 4.78 is 1.15. The summed E-state index contributed by atoms with van der Waals surface area (Å²) in [6, 6.07) is 14.6. The van der Waals surface area contributed by atoms with Crippen LogP contribution in [0.4, 0.5) is 5.69 Å². The number of nitrogens with zero attached hydrogens (tertiary/aromatic N) is 3. The third-order valence-corrected chi connectivity index (χ3v) is 4.68. The molecule has 1 aliphatic rings. The molecule has 0 bridgehead atoms. The third kappa shape index (κ3) is 5.03. The molecule has 2 aromatic rings. The number of hydrogen-bond donors (Lipinski definition) is 1. The molecule has 5 heteroatoms.